The van der Waals surface area contributed by atoms with Crippen molar-refractivity contribution in [1.29, 1.82) is 0 Å². The average molecular weight is 400 g/mol. The molecule has 1 unspecified atom stereocenters. The molecule has 2 rings (SSSR count). The van der Waals surface area contributed by atoms with E-state index in [9.17, 15) is 0 Å². The number of rotatable bonds is 12. The van der Waals surface area contributed by atoms with E-state index in [4.69, 9.17) is 27.9 Å². The van der Waals surface area contributed by atoms with Crippen molar-refractivity contribution in [2.24, 2.45) is 5.92 Å². The van der Waals surface area contributed by atoms with Gasteiger partial charge in [0.1, 0.15) is 0 Å². The van der Waals surface area contributed by atoms with E-state index in [2.05, 4.69) is 38.2 Å². The molecule has 1 saturated carbocycles. The van der Waals surface area contributed by atoms with Crippen LogP contribution in [0, 0.1) is 5.92 Å². The molecule has 0 heterocycles. The summed E-state index contributed by atoms with van der Waals surface area (Å²) < 4.78 is 5.70. The first-order valence-corrected chi connectivity index (χ1v) is 11.0. The first-order valence-electron chi connectivity index (χ1n) is 10.3. The lowest BCUT2D eigenvalue weighted by molar-refractivity contribution is 0.120. The molecule has 2 nitrogen and oxygen atoms in total. The normalized spacial score (nSPS) is 17.3. The van der Waals surface area contributed by atoms with Gasteiger partial charge in [0.25, 0.3) is 0 Å². The molecule has 1 N–H and O–H groups in total. The predicted octanol–water partition coefficient (Wildman–Crippen LogP) is 6.63. The Hall–Kier alpha value is -0.280. The van der Waals surface area contributed by atoms with E-state index in [1.807, 2.05) is 6.07 Å². The highest BCUT2D eigenvalue weighted by Gasteiger charge is 2.45. The number of hydrogen-bond acceptors (Lipinski definition) is 2. The number of nitrogens with one attached hydrogen (secondary N) is 1. The Morgan fingerprint density at radius 2 is 1.85 bits per heavy atom. The molecule has 1 atom stereocenters. The zero-order valence-corrected chi connectivity index (χ0v) is 18.1. The molecule has 4 heteroatoms. The monoisotopic (exact) mass is 399 g/mol. The fourth-order valence-electron chi connectivity index (χ4n) is 3.98. The minimum atomic E-state index is 0.196. The van der Waals surface area contributed by atoms with Crippen molar-refractivity contribution in [3.8, 4) is 0 Å². The second-order valence-electron chi connectivity index (χ2n) is 8.09. The Morgan fingerprint density at radius 1 is 1.12 bits per heavy atom. The zero-order valence-electron chi connectivity index (χ0n) is 16.6. The van der Waals surface area contributed by atoms with Crippen LogP contribution in [0.2, 0.25) is 10.0 Å². The number of unbranched alkanes of at least 4 members (excludes halogenated alkanes) is 1. The lowest BCUT2D eigenvalue weighted by atomic mass is 9.59. The second kappa shape index (κ2) is 10.9. The van der Waals surface area contributed by atoms with Gasteiger partial charge >= 0.3 is 0 Å². The Labute approximate surface area is 170 Å². The van der Waals surface area contributed by atoms with E-state index in [1.54, 1.807) is 0 Å². The Bertz CT molecular complexity index is 543. The summed E-state index contributed by atoms with van der Waals surface area (Å²) in [5.41, 5.74) is 1.54. The van der Waals surface area contributed by atoms with Crippen LogP contribution in [0.1, 0.15) is 71.3 Å². The molecule has 1 aliphatic carbocycles. The molecule has 148 valence electrons. The number of benzene rings is 1. The van der Waals surface area contributed by atoms with Crippen molar-refractivity contribution in [3.05, 3.63) is 33.8 Å². The van der Waals surface area contributed by atoms with Crippen LogP contribution < -0.4 is 5.32 Å². The molecule has 0 spiro atoms. The van der Waals surface area contributed by atoms with E-state index in [1.165, 1.54) is 37.7 Å². The third-order valence-electron chi connectivity index (χ3n) is 5.61. The van der Waals surface area contributed by atoms with Crippen molar-refractivity contribution >= 4 is 23.2 Å². The highest BCUT2D eigenvalue weighted by atomic mass is 35.5. The molecule has 0 saturated heterocycles. The summed E-state index contributed by atoms with van der Waals surface area (Å²) in [6.07, 6.45) is 8.33. The topological polar surface area (TPSA) is 21.3 Å². The van der Waals surface area contributed by atoms with Crippen LogP contribution in [-0.4, -0.2) is 25.8 Å². The Balaban J connectivity index is 2.00. The summed E-state index contributed by atoms with van der Waals surface area (Å²) in [4.78, 5) is 0. The van der Waals surface area contributed by atoms with Crippen molar-refractivity contribution in [1.82, 2.24) is 5.32 Å². The zero-order chi connectivity index (χ0) is 19.0. The van der Waals surface area contributed by atoms with E-state index in [0.717, 1.165) is 32.6 Å². The summed E-state index contributed by atoms with van der Waals surface area (Å²) in [5, 5.41) is 5.17. The van der Waals surface area contributed by atoms with Gasteiger partial charge in [-0.25, -0.2) is 0 Å². The maximum absolute atomic E-state index is 6.33. The van der Waals surface area contributed by atoms with E-state index >= 15 is 0 Å². The number of ether oxygens (including phenoxy) is 1. The van der Waals surface area contributed by atoms with Crippen molar-refractivity contribution in [3.63, 3.8) is 0 Å². The molecule has 0 aliphatic heterocycles. The van der Waals surface area contributed by atoms with Gasteiger partial charge in [-0.15, -0.1) is 0 Å². The van der Waals surface area contributed by atoms with Gasteiger partial charge in [-0.05, 0) is 62.3 Å². The Kier molecular flexibility index (Phi) is 9.23. The lowest BCUT2D eigenvalue weighted by Gasteiger charge is -2.49. The van der Waals surface area contributed by atoms with Crippen LogP contribution in [0.15, 0.2) is 18.2 Å². The number of hydrogen-bond donors (Lipinski definition) is 1. The maximum atomic E-state index is 6.33. The van der Waals surface area contributed by atoms with Gasteiger partial charge in [0, 0.05) is 24.7 Å². The molecule has 1 aliphatic rings. The van der Waals surface area contributed by atoms with Gasteiger partial charge < -0.3 is 10.1 Å². The van der Waals surface area contributed by atoms with Gasteiger partial charge in [-0.3, -0.25) is 0 Å². The number of halogens is 2. The standard InChI is InChI=1S/C22H35Cl2NO/c1-4-5-13-26-14-7-12-25-21(15-17(2)3)22(10-6-11-22)18-8-9-19(23)20(24)16-18/h8-9,16-17,21,25H,4-7,10-15H2,1-3H3. The van der Waals surface area contributed by atoms with E-state index in [0.29, 0.717) is 22.0 Å². The van der Waals surface area contributed by atoms with Gasteiger partial charge in [-0.1, -0.05) is 62.9 Å². The first kappa shape index (κ1) is 22.0. The van der Waals surface area contributed by atoms with Gasteiger partial charge in [0.2, 0.25) is 0 Å². The molecule has 0 radical (unpaired) electrons. The van der Waals surface area contributed by atoms with E-state index in [-0.39, 0.29) is 5.41 Å². The lowest BCUT2D eigenvalue weighted by Crippen LogP contribution is -2.53. The van der Waals surface area contributed by atoms with Gasteiger partial charge in [0.15, 0.2) is 0 Å². The summed E-state index contributed by atoms with van der Waals surface area (Å²) in [5.74, 6) is 0.661. The molecule has 0 amide bonds. The van der Waals surface area contributed by atoms with Crippen molar-refractivity contribution < 1.29 is 4.74 Å². The van der Waals surface area contributed by atoms with Crippen molar-refractivity contribution in [2.75, 3.05) is 19.8 Å². The largest absolute Gasteiger partial charge is 0.381 e. The van der Waals surface area contributed by atoms with Crippen LogP contribution in [0.3, 0.4) is 0 Å². The van der Waals surface area contributed by atoms with Gasteiger partial charge in [0.05, 0.1) is 10.0 Å². The van der Waals surface area contributed by atoms with Crippen molar-refractivity contribution in [2.45, 2.75) is 77.2 Å². The summed E-state index contributed by atoms with van der Waals surface area (Å²) in [6.45, 7) is 9.56. The molecule has 26 heavy (non-hydrogen) atoms. The minimum absolute atomic E-state index is 0.196. The minimum Gasteiger partial charge on any atom is -0.381 e. The molecular weight excluding hydrogens is 365 g/mol. The fraction of sp³-hybridized carbons (Fsp3) is 0.727. The van der Waals surface area contributed by atoms with Crippen LogP contribution in [0.25, 0.3) is 0 Å². The highest BCUT2D eigenvalue weighted by Crippen LogP contribution is 2.49. The first-order chi connectivity index (χ1) is 12.5. The van der Waals surface area contributed by atoms with Crippen LogP contribution in [-0.2, 0) is 10.2 Å². The Morgan fingerprint density at radius 3 is 2.42 bits per heavy atom. The summed E-state index contributed by atoms with van der Waals surface area (Å²) in [7, 11) is 0. The quantitative estimate of drug-likeness (QED) is 0.398. The fourth-order valence-corrected chi connectivity index (χ4v) is 4.27. The third kappa shape index (κ3) is 5.86. The van der Waals surface area contributed by atoms with E-state index < -0.39 is 0 Å². The smallest absolute Gasteiger partial charge is 0.0595 e. The predicted molar refractivity (Wildman–Crippen MR) is 114 cm³/mol. The summed E-state index contributed by atoms with van der Waals surface area (Å²) in [6, 6.07) is 6.69. The maximum Gasteiger partial charge on any atom is 0.0595 e. The second-order valence-corrected chi connectivity index (χ2v) is 8.91. The molecular formula is C22H35Cl2NO. The van der Waals surface area contributed by atoms with Crippen LogP contribution in [0.4, 0.5) is 0 Å². The third-order valence-corrected chi connectivity index (χ3v) is 6.35. The van der Waals surface area contributed by atoms with Gasteiger partial charge in [-0.2, -0.15) is 0 Å². The molecule has 0 bridgehead atoms. The van der Waals surface area contributed by atoms with Crippen LogP contribution in [0.5, 0.6) is 0 Å². The molecule has 1 aromatic carbocycles. The average Bonchev–Trinajstić information content (AvgIpc) is 2.55. The SMILES string of the molecule is CCCCOCCCNC(CC(C)C)C1(c2ccc(Cl)c(Cl)c2)CCC1. The molecule has 1 aromatic rings. The summed E-state index contributed by atoms with van der Waals surface area (Å²) >= 11 is 12.5. The molecule has 1 fully saturated rings. The molecule has 0 aromatic heterocycles. The van der Waals surface area contributed by atoms with Crippen LogP contribution >= 0.6 is 23.2 Å². The highest BCUT2D eigenvalue weighted by molar-refractivity contribution is 6.42.